The van der Waals surface area contributed by atoms with E-state index in [-0.39, 0.29) is 30.4 Å². The summed E-state index contributed by atoms with van der Waals surface area (Å²) in [5.74, 6) is -0.964. The van der Waals surface area contributed by atoms with Crippen molar-refractivity contribution in [2.45, 2.75) is 30.7 Å². The Balaban J connectivity index is 1.90. The lowest BCUT2D eigenvalue weighted by Crippen LogP contribution is -2.59. The first-order valence-electron chi connectivity index (χ1n) is 8.73. The Bertz CT molecular complexity index is 1010. The molecule has 0 amide bonds. The van der Waals surface area contributed by atoms with Crippen LogP contribution in [0, 0.1) is 5.82 Å². The fourth-order valence-corrected chi connectivity index (χ4v) is 5.52. The normalized spacial score (nSPS) is 26.6. The van der Waals surface area contributed by atoms with E-state index in [0.717, 1.165) is 5.56 Å². The molecule has 0 saturated carbocycles. The smallest absolute Gasteiger partial charge is 0.167 e. The van der Waals surface area contributed by atoms with E-state index in [1.165, 1.54) is 19.1 Å². The topological polar surface area (TPSA) is 81.8 Å². The predicted octanol–water partition coefficient (Wildman–Crippen LogP) is 3.56. The van der Waals surface area contributed by atoms with Crippen LogP contribution in [0.3, 0.4) is 0 Å². The zero-order chi connectivity index (χ0) is 20.6. The predicted molar refractivity (Wildman–Crippen MR) is 111 cm³/mol. The molecule has 150 valence electrons. The van der Waals surface area contributed by atoms with Gasteiger partial charge in [-0.3, -0.25) is 4.99 Å². The molecule has 1 heterocycles. The first-order valence-corrected chi connectivity index (χ1v) is 11.2. The van der Waals surface area contributed by atoms with Crippen LogP contribution in [0.5, 0.6) is 0 Å². The van der Waals surface area contributed by atoms with E-state index in [1.54, 1.807) is 13.0 Å². The number of hydrogen-bond acceptors (Lipinski definition) is 5. The maximum Gasteiger partial charge on any atom is 0.167 e. The lowest BCUT2D eigenvalue weighted by Gasteiger charge is -2.39. The Labute approximate surface area is 172 Å². The molecule has 2 N–H and O–H groups in total. The summed E-state index contributed by atoms with van der Waals surface area (Å²) >= 11 is 3.29. The fourth-order valence-electron chi connectivity index (χ4n) is 3.25. The van der Waals surface area contributed by atoms with Crippen LogP contribution >= 0.6 is 15.9 Å². The van der Waals surface area contributed by atoms with E-state index in [2.05, 4.69) is 20.9 Å². The van der Waals surface area contributed by atoms with Crippen LogP contribution in [-0.2, 0) is 26.7 Å². The summed E-state index contributed by atoms with van der Waals surface area (Å²) in [6, 6.07) is 13.8. The van der Waals surface area contributed by atoms with Crippen LogP contribution in [0.2, 0.25) is 0 Å². The third-order valence-electron chi connectivity index (χ3n) is 5.06. The van der Waals surface area contributed by atoms with Crippen LogP contribution in [0.4, 0.5) is 4.39 Å². The number of amidine groups is 1. The van der Waals surface area contributed by atoms with E-state index in [1.807, 2.05) is 30.3 Å². The first-order chi connectivity index (χ1) is 13.1. The Morgan fingerprint density at radius 3 is 2.54 bits per heavy atom. The molecule has 0 aliphatic carbocycles. The molecule has 1 aliphatic heterocycles. The van der Waals surface area contributed by atoms with Gasteiger partial charge in [-0.2, -0.15) is 0 Å². The van der Waals surface area contributed by atoms with Crippen LogP contribution < -0.4 is 5.73 Å². The van der Waals surface area contributed by atoms with Gasteiger partial charge in [0.15, 0.2) is 9.84 Å². The van der Waals surface area contributed by atoms with E-state index >= 15 is 0 Å². The number of ether oxygens (including phenoxy) is 1. The highest BCUT2D eigenvalue weighted by Gasteiger charge is 2.52. The molecule has 5 nitrogen and oxygen atoms in total. The van der Waals surface area contributed by atoms with Crippen LogP contribution in [0.25, 0.3) is 0 Å². The van der Waals surface area contributed by atoms with Gasteiger partial charge < -0.3 is 10.5 Å². The van der Waals surface area contributed by atoms with Gasteiger partial charge in [0.1, 0.15) is 21.9 Å². The lowest BCUT2D eigenvalue weighted by atomic mass is 9.93. The van der Waals surface area contributed by atoms with Gasteiger partial charge in [0.25, 0.3) is 0 Å². The monoisotopic (exact) mass is 468 g/mol. The average Bonchev–Trinajstić information content (AvgIpc) is 2.62. The summed E-state index contributed by atoms with van der Waals surface area (Å²) in [7, 11) is -3.77. The van der Waals surface area contributed by atoms with Crippen molar-refractivity contribution in [2.75, 3.05) is 12.4 Å². The quantitative estimate of drug-likeness (QED) is 0.726. The zero-order valence-corrected chi connectivity index (χ0v) is 18.1. The van der Waals surface area contributed by atoms with Gasteiger partial charge in [-0.1, -0.05) is 46.3 Å². The van der Waals surface area contributed by atoms with Crippen molar-refractivity contribution in [1.29, 1.82) is 0 Å². The van der Waals surface area contributed by atoms with Crippen molar-refractivity contribution in [3.8, 4) is 0 Å². The van der Waals surface area contributed by atoms with Crippen LogP contribution in [-0.4, -0.2) is 31.4 Å². The summed E-state index contributed by atoms with van der Waals surface area (Å²) in [6.07, 6.45) is 0. The van der Waals surface area contributed by atoms with Crippen molar-refractivity contribution in [2.24, 2.45) is 10.7 Å². The summed E-state index contributed by atoms with van der Waals surface area (Å²) in [4.78, 5) is 4.44. The molecule has 0 spiro atoms. The number of rotatable bonds is 5. The molecule has 0 aromatic heterocycles. The highest BCUT2D eigenvalue weighted by Crippen LogP contribution is 2.39. The Morgan fingerprint density at radius 2 is 1.89 bits per heavy atom. The number of nitrogens with zero attached hydrogens (tertiary/aromatic N) is 1. The van der Waals surface area contributed by atoms with E-state index < -0.39 is 25.9 Å². The molecular formula is C20H22BrFN2O3S. The second-order valence-corrected chi connectivity index (χ2v) is 10.7. The van der Waals surface area contributed by atoms with E-state index in [9.17, 15) is 12.8 Å². The van der Waals surface area contributed by atoms with Gasteiger partial charge in [-0.15, -0.1) is 0 Å². The third-order valence-corrected chi connectivity index (χ3v) is 8.20. The fraction of sp³-hybridized carbons (Fsp3) is 0.350. The second kappa shape index (κ2) is 7.57. The minimum Gasteiger partial charge on any atom is -0.386 e. The van der Waals surface area contributed by atoms with Crippen molar-refractivity contribution in [1.82, 2.24) is 0 Å². The van der Waals surface area contributed by atoms with Crippen molar-refractivity contribution < 1.29 is 17.5 Å². The summed E-state index contributed by atoms with van der Waals surface area (Å²) in [6.45, 7) is 3.21. The molecule has 0 radical (unpaired) electrons. The molecule has 0 bridgehead atoms. The third kappa shape index (κ3) is 3.86. The molecule has 2 aromatic rings. The molecule has 2 atom stereocenters. The number of benzene rings is 2. The largest absolute Gasteiger partial charge is 0.386 e. The van der Waals surface area contributed by atoms with Gasteiger partial charge >= 0.3 is 0 Å². The van der Waals surface area contributed by atoms with Gasteiger partial charge in [-0.05, 0) is 37.6 Å². The van der Waals surface area contributed by atoms with Gasteiger partial charge in [-0.25, -0.2) is 12.8 Å². The van der Waals surface area contributed by atoms with E-state index in [0.29, 0.717) is 4.47 Å². The molecule has 0 fully saturated rings. The van der Waals surface area contributed by atoms with E-state index in [4.69, 9.17) is 10.5 Å². The average molecular weight is 469 g/mol. The summed E-state index contributed by atoms with van der Waals surface area (Å²) in [5.41, 5.74) is 5.92. The van der Waals surface area contributed by atoms with Crippen molar-refractivity contribution >= 4 is 31.6 Å². The van der Waals surface area contributed by atoms with Crippen LogP contribution in [0.1, 0.15) is 25.0 Å². The molecule has 8 heteroatoms. The Morgan fingerprint density at radius 1 is 1.21 bits per heavy atom. The molecule has 1 unspecified atom stereocenters. The number of sulfone groups is 1. The molecule has 1 aliphatic rings. The van der Waals surface area contributed by atoms with Crippen molar-refractivity contribution in [3.63, 3.8) is 0 Å². The van der Waals surface area contributed by atoms with Gasteiger partial charge in [0.05, 0.1) is 19.0 Å². The lowest BCUT2D eigenvalue weighted by molar-refractivity contribution is 0.112. The minimum atomic E-state index is -3.77. The number of aliphatic imine (C=N–C) groups is 1. The number of nitrogens with two attached hydrogens (primary N) is 1. The standard InChI is InChI=1S/C20H22BrFN2O3S/c1-19(16-10-15(21)8-9-17(16)22)13-28(25,26)20(2,18(23)24-19)12-27-11-14-6-4-3-5-7-14/h3-10H,11-13H2,1-2H3,(H2,23,24)/t19-,20?/m0/s1. The summed E-state index contributed by atoms with van der Waals surface area (Å²) in [5, 5.41) is 0. The SMILES string of the molecule is CC1(COCc2ccccc2)C(N)=N[C@](C)(c2cc(Br)ccc2F)CS1(=O)=O. The van der Waals surface area contributed by atoms with Gasteiger partial charge in [0, 0.05) is 10.0 Å². The van der Waals surface area contributed by atoms with Crippen LogP contribution in [0.15, 0.2) is 58.0 Å². The first kappa shape index (κ1) is 21.0. The number of halogens is 2. The summed E-state index contributed by atoms with van der Waals surface area (Å²) < 4.78 is 45.6. The molecule has 0 saturated heterocycles. The molecule has 2 aromatic carbocycles. The second-order valence-electron chi connectivity index (χ2n) is 7.36. The maximum atomic E-state index is 14.4. The highest BCUT2D eigenvalue weighted by molar-refractivity contribution is 9.10. The molecular weight excluding hydrogens is 447 g/mol. The minimum absolute atomic E-state index is 0.0753. The Kier molecular flexibility index (Phi) is 5.67. The molecule has 28 heavy (non-hydrogen) atoms. The Hall–Kier alpha value is -1.77. The van der Waals surface area contributed by atoms with Gasteiger partial charge in [0.2, 0.25) is 0 Å². The van der Waals surface area contributed by atoms with Crippen molar-refractivity contribution in [3.05, 3.63) is 69.9 Å². The molecule has 3 rings (SSSR count). The zero-order valence-electron chi connectivity index (χ0n) is 15.7. The number of hydrogen-bond donors (Lipinski definition) is 1. The maximum absolute atomic E-state index is 14.4. The highest BCUT2D eigenvalue weighted by atomic mass is 79.9.